The maximum Gasteiger partial charge on any atom is 0.152 e. The van der Waals surface area contributed by atoms with Gasteiger partial charge in [-0.25, -0.2) is 0 Å². The number of para-hydroxylation sites is 1. The van der Waals surface area contributed by atoms with Gasteiger partial charge in [-0.15, -0.1) is 11.6 Å². The molecule has 1 aromatic carbocycles. The second-order valence-corrected chi connectivity index (χ2v) is 4.68. The molecular weight excluding hydrogens is 294 g/mol. The molecule has 0 aliphatic carbocycles. The van der Waals surface area contributed by atoms with E-state index in [1.54, 1.807) is 6.20 Å². The minimum absolute atomic E-state index is 0.435. The van der Waals surface area contributed by atoms with Crippen molar-refractivity contribution in [3.8, 4) is 5.75 Å². The molecule has 1 aromatic heterocycles. The van der Waals surface area contributed by atoms with Crippen LogP contribution in [0.4, 0.5) is 0 Å². The van der Waals surface area contributed by atoms with E-state index in [4.69, 9.17) is 25.8 Å². The number of alkyl halides is 1. The van der Waals surface area contributed by atoms with E-state index in [-0.39, 0.29) is 0 Å². The fourth-order valence-electron chi connectivity index (χ4n) is 1.95. The summed E-state index contributed by atoms with van der Waals surface area (Å²) in [7, 11) is 0. The van der Waals surface area contributed by atoms with Gasteiger partial charge in [0.25, 0.3) is 0 Å². The SMILES string of the molecule is O=Cc1c[nH]c2c(OCCOCCOCCCl)cccc12. The van der Waals surface area contributed by atoms with Crippen molar-refractivity contribution in [3.63, 3.8) is 0 Å². The summed E-state index contributed by atoms with van der Waals surface area (Å²) in [5, 5.41) is 0.859. The molecule has 0 unspecified atom stereocenters. The Morgan fingerprint density at radius 3 is 2.62 bits per heavy atom. The fourth-order valence-corrected chi connectivity index (χ4v) is 2.06. The Morgan fingerprint density at radius 1 is 1.10 bits per heavy atom. The van der Waals surface area contributed by atoms with Gasteiger partial charge in [0.2, 0.25) is 0 Å². The third-order valence-corrected chi connectivity index (χ3v) is 3.07. The van der Waals surface area contributed by atoms with Crippen LogP contribution in [0.25, 0.3) is 10.9 Å². The lowest BCUT2D eigenvalue weighted by Crippen LogP contribution is -2.11. The maximum absolute atomic E-state index is 10.9. The molecule has 1 N–H and O–H groups in total. The number of hydrogen-bond donors (Lipinski definition) is 1. The molecule has 0 aliphatic heterocycles. The first-order valence-electron chi connectivity index (χ1n) is 6.76. The Labute approximate surface area is 128 Å². The molecule has 0 saturated carbocycles. The Balaban J connectivity index is 1.76. The van der Waals surface area contributed by atoms with Gasteiger partial charge < -0.3 is 19.2 Å². The second-order valence-electron chi connectivity index (χ2n) is 4.30. The summed E-state index contributed by atoms with van der Waals surface area (Å²) in [5.41, 5.74) is 1.45. The first-order valence-corrected chi connectivity index (χ1v) is 7.30. The summed E-state index contributed by atoms with van der Waals surface area (Å²) >= 11 is 5.48. The lowest BCUT2D eigenvalue weighted by molar-refractivity contribution is 0.0412. The number of H-pyrrole nitrogens is 1. The maximum atomic E-state index is 10.9. The van der Waals surface area contributed by atoms with E-state index in [0.717, 1.165) is 17.2 Å². The highest BCUT2D eigenvalue weighted by molar-refractivity contribution is 6.17. The highest BCUT2D eigenvalue weighted by Gasteiger charge is 2.07. The van der Waals surface area contributed by atoms with Gasteiger partial charge in [0.1, 0.15) is 12.4 Å². The Kier molecular flexibility index (Phi) is 6.53. The highest BCUT2D eigenvalue weighted by Crippen LogP contribution is 2.26. The summed E-state index contributed by atoms with van der Waals surface area (Å²) in [6, 6.07) is 5.60. The van der Waals surface area contributed by atoms with Crippen LogP contribution >= 0.6 is 11.6 Å². The van der Waals surface area contributed by atoms with Crippen LogP contribution in [0.5, 0.6) is 5.75 Å². The summed E-state index contributed by atoms with van der Waals surface area (Å²) in [5.74, 6) is 1.20. The molecule has 2 aromatic rings. The van der Waals surface area contributed by atoms with Crippen LogP contribution in [-0.2, 0) is 9.47 Å². The average Bonchev–Trinajstić information content (AvgIpc) is 2.94. The monoisotopic (exact) mass is 311 g/mol. The van der Waals surface area contributed by atoms with Gasteiger partial charge in [0, 0.05) is 23.0 Å². The molecule has 5 nitrogen and oxygen atoms in total. The van der Waals surface area contributed by atoms with Gasteiger partial charge in [0.05, 0.1) is 31.9 Å². The van der Waals surface area contributed by atoms with E-state index in [2.05, 4.69) is 4.98 Å². The molecular formula is C15H18ClNO4. The van der Waals surface area contributed by atoms with Gasteiger partial charge in [-0.1, -0.05) is 12.1 Å². The molecule has 1 heterocycles. The number of hydrogen-bond acceptors (Lipinski definition) is 4. The predicted molar refractivity (Wildman–Crippen MR) is 81.5 cm³/mol. The second kappa shape index (κ2) is 8.67. The number of ether oxygens (including phenoxy) is 3. The summed E-state index contributed by atoms with van der Waals surface area (Å²) in [6.07, 6.45) is 2.50. The van der Waals surface area contributed by atoms with Gasteiger partial charge >= 0.3 is 0 Å². The molecule has 0 saturated heterocycles. The van der Waals surface area contributed by atoms with Crippen molar-refractivity contribution in [1.29, 1.82) is 0 Å². The molecule has 21 heavy (non-hydrogen) atoms. The number of aldehydes is 1. The van der Waals surface area contributed by atoms with Crippen molar-refractivity contribution < 1.29 is 19.0 Å². The molecule has 0 fully saturated rings. The molecule has 2 rings (SSSR count). The van der Waals surface area contributed by atoms with Crippen LogP contribution in [-0.4, -0.2) is 50.2 Å². The molecule has 114 valence electrons. The number of nitrogens with one attached hydrogen (secondary N) is 1. The number of rotatable bonds is 10. The van der Waals surface area contributed by atoms with Crippen molar-refractivity contribution in [2.45, 2.75) is 0 Å². The van der Waals surface area contributed by atoms with E-state index in [9.17, 15) is 4.79 Å². The van der Waals surface area contributed by atoms with E-state index in [1.807, 2.05) is 18.2 Å². The summed E-state index contributed by atoms with van der Waals surface area (Å²) in [6.45, 7) is 2.49. The zero-order chi connectivity index (χ0) is 14.9. The molecule has 0 spiro atoms. The van der Waals surface area contributed by atoms with Crippen molar-refractivity contribution in [1.82, 2.24) is 4.98 Å². The van der Waals surface area contributed by atoms with Gasteiger partial charge in [-0.2, -0.15) is 0 Å². The Bertz CT molecular complexity index is 570. The number of fused-ring (bicyclic) bond motifs is 1. The van der Waals surface area contributed by atoms with Crippen molar-refractivity contribution in [3.05, 3.63) is 30.0 Å². The zero-order valence-electron chi connectivity index (χ0n) is 11.6. The molecule has 0 bridgehead atoms. The van der Waals surface area contributed by atoms with Crippen molar-refractivity contribution in [2.75, 3.05) is 38.9 Å². The average molecular weight is 312 g/mol. The lowest BCUT2D eigenvalue weighted by Gasteiger charge is -2.08. The number of benzene rings is 1. The van der Waals surface area contributed by atoms with Crippen LogP contribution < -0.4 is 4.74 Å². The first-order chi connectivity index (χ1) is 10.4. The zero-order valence-corrected chi connectivity index (χ0v) is 12.4. The summed E-state index contributed by atoms with van der Waals surface area (Å²) < 4.78 is 16.2. The van der Waals surface area contributed by atoms with Crippen LogP contribution in [0, 0.1) is 0 Å². The van der Waals surface area contributed by atoms with Crippen LogP contribution in [0.1, 0.15) is 10.4 Å². The molecule has 0 atom stereocenters. The third kappa shape index (κ3) is 4.46. The largest absolute Gasteiger partial charge is 0.489 e. The highest BCUT2D eigenvalue weighted by atomic mass is 35.5. The van der Waals surface area contributed by atoms with Gasteiger partial charge in [0.15, 0.2) is 6.29 Å². The minimum atomic E-state index is 0.435. The Hall–Kier alpha value is -1.56. The number of halogens is 1. The Morgan fingerprint density at radius 2 is 1.86 bits per heavy atom. The van der Waals surface area contributed by atoms with Gasteiger partial charge in [-0.05, 0) is 6.07 Å². The van der Waals surface area contributed by atoms with E-state index < -0.39 is 0 Å². The summed E-state index contributed by atoms with van der Waals surface area (Å²) in [4.78, 5) is 14.0. The topological polar surface area (TPSA) is 60.6 Å². The molecule has 0 amide bonds. The molecule has 0 radical (unpaired) electrons. The first kappa shape index (κ1) is 15.8. The van der Waals surface area contributed by atoms with E-state index >= 15 is 0 Å². The van der Waals surface area contributed by atoms with E-state index in [0.29, 0.717) is 50.2 Å². The van der Waals surface area contributed by atoms with E-state index in [1.165, 1.54) is 0 Å². The number of aromatic nitrogens is 1. The van der Waals surface area contributed by atoms with Crippen molar-refractivity contribution >= 4 is 28.8 Å². The van der Waals surface area contributed by atoms with Crippen LogP contribution in [0.3, 0.4) is 0 Å². The number of carbonyl (C=O) groups is 1. The van der Waals surface area contributed by atoms with Crippen molar-refractivity contribution in [2.24, 2.45) is 0 Å². The van der Waals surface area contributed by atoms with Gasteiger partial charge in [-0.3, -0.25) is 4.79 Å². The fraction of sp³-hybridized carbons (Fsp3) is 0.400. The van der Waals surface area contributed by atoms with Crippen LogP contribution in [0.15, 0.2) is 24.4 Å². The molecule has 0 aliphatic rings. The lowest BCUT2D eigenvalue weighted by atomic mass is 10.2. The standard InChI is InChI=1S/C15H18ClNO4/c16-4-5-19-6-7-20-8-9-21-14-3-1-2-13-12(11-18)10-17-15(13)14/h1-3,10-11,17H,4-9H2. The normalized spacial score (nSPS) is 10.9. The quantitative estimate of drug-likeness (QED) is 0.416. The predicted octanol–water partition coefficient (Wildman–Crippen LogP) is 2.63. The number of carbonyl (C=O) groups excluding carboxylic acids is 1. The minimum Gasteiger partial charge on any atom is -0.489 e. The molecule has 6 heteroatoms. The smallest absolute Gasteiger partial charge is 0.152 e. The number of aromatic amines is 1. The third-order valence-electron chi connectivity index (χ3n) is 2.91. The van der Waals surface area contributed by atoms with Crippen LogP contribution in [0.2, 0.25) is 0 Å².